The maximum Gasteiger partial charge on any atom is 0.193 e. The minimum Gasteiger partial charge on any atom is -0.495 e. The molecule has 0 aliphatic rings. The topological polar surface area (TPSA) is 59.6 Å². The summed E-state index contributed by atoms with van der Waals surface area (Å²) >= 11 is 7.77. The number of anilines is 1. The molecule has 0 bridgehead atoms. The maximum absolute atomic E-state index is 6.01. The van der Waals surface area contributed by atoms with Crippen LogP contribution in [0.3, 0.4) is 0 Å². The highest BCUT2D eigenvalue weighted by Gasteiger charge is 2.03. The maximum atomic E-state index is 6.01. The number of hydrogen-bond donors (Lipinski definition) is 2. The van der Waals surface area contributed by atoms with Crippen molar-refractivity contribution in [2.45, 2.75) is 12.2 Å². The van der Waals surface area contributed by atoms with Gasteiger partial charge in [-0.3, -0.25) is 4.99 Å². The Labute approximate surface area is 140 Å². The van der Waals surface area contributed by atoms with Crippen LogP contribution >= 0.6 is 47.3 Å². The molecular formula is C12H19ClIN3OS. The van der Waals surface area contributed by atoms with Crippen LogP contribution in [0.2, 0.25) is 5.02 Å². The smallest absolute Gasteiger partial charge is 0.193 e. The number of methoxy groups -OCH3 is 1. The van der Waals surface area contributed by atoms with Crippen molar-refractivity contribution in [3.8, 4) is 5.75 Å². The first-order chi connectivity index (χ1) is 8.56. The number of hydrogen-bond acceptors (Lipinski definition) is 3. The monoisotopic (exact) mass is 415 g/mol. The van der Waals surface area contributed by atoms with E-state index in [-0.39, 0.29) is 24.0 Å². The number of halogens is 2. The van der Waals surface area contributed by atoms with Crippen LogP contribution in [0.5, 0.6) is 5.75 Å². The fraction of sp³-hybridized carbons (Fsp3) is 0.417. The molecule has 0 heterocycles. The van der Waals surface area contributed by atoms with Gasteiger partial charge in [-0.1, -0.05) is 18.5 Å². The van der Waals surface area contributed by atoms with Crippen LogP contribution in [0.1, 0.15) is 6.92 Å². The molecule has 19 heavy (non-hydrogen) atoms. The molecule has 0 aromatic heterocycles. The van der Waals surface area contributed by atoms with Crippen LogP contribution in [0.25, 0.3) is 0 Å². The molecular weight excluding hydrogens is 397 g/mol. The number of ether oxygens (including phenoxy) is 1. The van der Waals surface area contributed by atoms with Crippen LogP contribution in [0, 0.1) is 0 Å². The van der Waals surface area contributed by atoms with Gasteiger partial charge >= 0.3 is 0 Å². The van der Waals surface area contributed by atoms with Gasteiger partial charge < -0.3 is 15.8 Å². The van der Waals surface area contributed by atoms with E-state index >= 15 is 0 Å². The van der Waals surface area contributed by atoms with Gasteiger partial charge in [-0.25, -0.2) is 0 Å². The van der Waals surface area contributed by atoms with E-state index in [0.29, 0.717) is 28.5 Å². The predicted molar refractivity (Wildman–Crippen MR) is 96.5 cm³/mol. The van der Waals surface area contributed by atoms with Crippen LogP contribution in [-0.2, 0) is 0 Å². The zero-order valence-electron chi connectivity index (χ0n) is 11.1. The molecule has 108 valence electrons. The molecule has 0 aliphatic carbocycles. The lowest BCUT2D eigenvalue weighted by atomic mass is 10.3. The first kappa shape index (κ1) is 18.7. The molecule has 0 amide bonds. The van der Waals surface area contributed by atoms with Gasteiger partial charge in [-0.05, 0) is 24.5 Å². The van der Waals surface area contributed by atoms with Gasteiger partial charge in [-0.15, -0.1) is 24.0 Å². The Hall–Kier alpha value is -0.340. The van der Waals surface area contributed by atoms with Crippen LogP contribution < -0.4 is 15.8 Å². The molecule has 0 aliphatic heterocycles. The molecule has 7 heteroatoms. The van der Waals surface area contributed by atoms with E-state index in [1.807, 2.05) is 12.3 Å². The zero-order chi connectivity index (χ0) is 13.5. The predicted octanol–water partition coefficient (Wildman–Crippen LogP) is 3.44. The molecule has 0 radical (unpaired) electrons. The lowest BCUT2D eigenvalue weighted by Crippen LogP contribution is -2.23. The summed E-state index contributed by atoms with van der Waals surface area (Å²) in [6, 6.07) is 5.37. The molecule has 0 spiro atoms. The Morgan fingerprint density at radius 1 is 1.58 bits per heavy atom. The molecule has 0 saturated carbocycles. The van der Waals surface area contributed by atoms with Crippen LogP contribution in [0.4, 0.5) is 5.69 Å². The van der Waals surface area contributed by atoms with E-state index in [0.717, 1.165) is 5.69 Å². The van der Waals surface area contributed by atoms with Crippen molar-refractivity contribution in [3.63, 3.8) is 0 Å². The second-order valence-corrected chi connectivity index (χ2v) is 5.43. The zero-order valence-corrected chi connectivity index (χ0v) is 15.0. The average molecular weight is 416 g/mol. The van der Waals surface area contributed by atoms with Gasteiger partial charge in [0.15, 0.2) is 5.96 Å². The Morgan fingerprint density at radius 2 is 2.26 bits per heavy atom. The van der Waals surface area contributed by atoms with Crippen LogP contribution in [-0.4, -0.2) is 31.1 Å². The summed E-state index contributed by atoms with van der Waals surface area (Å²) in [5.74, 6) is 1.02. The number of benzene rings is 1. The van der Waals surface area contributed by atoms with E-state index in [4.69, 9.17) is 22.1 Å². The summed E-state index contributed by atoms with van der Waals surface area (Å²) in [6.45, 7) is 2.79. The van der Waals surface area contributed by atoms with Crippen molar-refractivity contribution >= 4 is 59.0 Å². The van der Waals surface area contributed by atoms with Crippen molar-refractivity contribution in [2.75, 3.05) is 25.2 Å². The Bertz CT molecular complexity index is 431. The molecule has 1 aromatic carbocycles. The van der Waals surface area contributed by atoms with Crippen molar-refractivity contribution < 1.29 is 4.74 Å². The Balaban J connectivity index is 0.00000324. The minimum atomic E-state index is 0. The molecule has 0 saturated heterocycles. The third kappa shape index (κ3) is 6.58. The van der Waals surface area contributed by atoms with Crippen molar-refractivity contribution in [3.05, 3.63) is 23.2 Å². The van der Waals surface area contributed by atoms with E-state index in [2.05, 4.69) is 17.2 Å². The van der Waals surface area contributed by atoms with Gasteiger partial charge in [0.05, 0.1) is 18.7 Å². The fourth-order valence-electron chi connectivity index (χ4n) is 1.23. The number of thioether (sulfide) groups is 1. The fourth-order valence-corrected chi connectivity index (χ4v) is 1.71. The summed E-state index contributed by atoms with van der Waals surface area (Å²) < 4.78 is 5.07. The lowest BCUT2D eigenvalue weighted by Gasteiger charge is -2.09. The van der Waals surface area contributed by atoms with Crippen molar-refractivity contribution in [1.29, 1.82) is 0 Å². The summed E-state index contributed by atoms with van der Waals surface area (Å²) in [5, 5.41) is 3.98. The number of nitrogens with zero attached hydrogens (tertiary/aromatic N) is 1. The van der Waals surface area contributed by atoms with Gasteiger partial charge in [-0.2, -0.15) is 11.8 Å². The molecule has 0 fully saturated rings. The SMILES string of the molecule is COc1ccc(NC(N)=NCC(C)SC)cc1Cl.I. The normalized spacial score (nSPS) is 12.5. The number of nitrogens with two attached hydrogens (primary N) is 1. The number of guanidine groups is 1. The number of nitrogens with one attached hydrogen (secondary N) is 1. The second kappa shape index (κ2) is 9.55. The lowest BCUT2D eigenvalue weighted by molar-refractivity contribution is 0.415. The summed E-state index contributed by atoms with van der Waals surface area (Å²) in [4.78, 5) is 4.25. The van der Waals surface area contributed by atoms with Gasteiger partial charge in [0, 0.05) is 10.9 Å². The average Bonchev–Trinajstić information content (AvgIpc) is 2.36. The molecule has 1 atom stereocenters. The number of rotatable bonds is 5. The molecule has 1 rings (SSSR count). The second-order valence-electron chi connectivity index (χ2n) is 3.75. The summed E-state index contributed by atoms with van der Waals surface area (Å²) in [5.41, 5.74) is 6.58. The molecule has 4 nitrogen and oxygen atoms in total. The summed E-state index contributed by atoms with van der Waals surface area (Å²) in [6.07, 6.45) is 2.05. The Kier molecular flexibility index (Phi) is 9.38. The van der Waals surface area contributed by atoms with Crippen molar-refractivity contribution in [2.24, 2.45) is 10.7 Å². The summed E-state index contributed by atoms with van der Waals surface area (Å²) in [7, 11) is 1.58. The third-order valence-corrected chi connectivity index (χ3v) is 3.59. The number of aliphatic imine (C=N–C) groups is 1. The largest absolute Gasteiger partial charge is 0.495 e. The highest BCUT2D eigenvalue weighted by Crippen LogP contribution is 2.26. The van der Waals surface area contributed by atoms with Gasteiger partial charge in [0.2, 0.25) is 0 Å². The highest BCUT2D eigenvalue weighted by molar-refractivity contribution is 14.0. The molecule has 1 unspecified atom stereocenters. The van der Waals surface area contributed by atoms with Gasteiger partial charge in [0.25, 0.3) is 0 Å². The Morgan fingerprint density at radius 3 is 2.79 bits per heavy atom. The van der Waals surface area contributed by atoms with Gasteiger partial charge in [0.1, 0.15) is 5.75 Å². The van der Waals surface area contributed by atoms with E-state index in [1.54, 1.807) is 31.0 Å². The first-order valence-corrected chi connectivity index (χ1v) is 7.16. The molecule has 1 aromatic rings. The van der Waals surface area contributed by atoms with E-state index in [1.165, 1.54) is 0 Å². The van der Waals surface area contributed by atoms with E-state index in [9.17, 15) is 0 Å². The van der Waals surface area contributed by atoms with Crippen molar-refractivity contribution in [1.82, 2.24) is 0 Å². The van der Waals surface area contributed by atoms with Crippen LogP contribution in [0.15, 0.2) is 23.2 Å². The third-order valence-electron chi connectivity index (χ3n) is 2.35. The molecule has 3 N–H and O–H groups in total. The quantitative estimate of drug-likeness (QED) is 0.439. The van der Waals surface area contributed by atoms with E-state index < -0.39 is 0 Å². The highest BCUT2D eigenvalue weighted by atomic mass is 127. The standard InChI is InChI=1S/C12H18ClN3OS.HI/c1-8(18-3)7-15-12(14)16-9-4-5-11(17-2)10(13)6-9;/h4-6,8H,7H2,1-3H3,(H3,14,15,16);1H. The minimum absolute atomic E-state index is 0. The first-order valence-electron chi connectivity index (χ1n) is 5.50.